The summed E-state index contributed by atoms with van der Waals surface area (Å²) >= 11 is 0. The molecule has 9 unspecified atom stereocenters. The molecule has 53 heavy (non-hydrogen) atoms. The number of phenolic OH excluding ortho intramolecular Hbond substituents is 2. The Morgan fingerprint density at radius 1 is 0.698 bits per heavy atom. The molecular weight excluding hydrogens is 712 g/mol. The van der Waals surface area contributed by atoms with E-state index in [2.05, 4.69) is 0 Å². The summed E-state index contributed by atoms with van der Waals surface area (Å²) in [6, 6.07) is 5.56. The van der Waals surface area contributed by atoms with Gasteiger partial charge in [-0.1, -0.05) is 0 Å². The number of hydrogen-bond donors (Lipinski definition) is 8. The van der Waals surface area contributed by atoms with Crippen molar-refractivity contribution in [2.45, 2.75) is 54.8 Å². The topological polar surface area (TPSA) is 279 Å². The number of carbonyl (C=O) groups is 2. The fourth-order valence-electron chi connectivity index (χ4n) is 5.59. The molecule has 19 nitrogen and oxygen atoms in total. The lowest BCUT2D eigenvalue weighted by molar-refractivity contribution is -0.383. The number of aliphatic hydroxyl groups excluding tert-OH is 6. The van der Waals surface area contributed by atoms with Crippen molar-refractivity contribution in [3.8, 4) is 34.5 Å². The second-order valence-electron chi connectivity index (χ2n) is 11.6. The highest BCUT2D eigenvalue weighted by Gasteiger charge is 2.61. The maximum absolute atomic E-state index is 12.9. The minimum absolute atomic E-state index is 0.0366. The zero-order valence-corrected chi connectivity index (χ0v) is 28.9. The summed E-state index contributed by atoms with van der Waals surface area (Å²) in [5.41, 5.74) is 0.672. The Kier molecular flexibility index (Phi) is 13.9. The molecule has 4 rings (SSSR count). The molecule has 2 heterocycles. The summed E-state index contributed by atoms with van der Waals surface area (Å²) in [6.45, 7) is -2.88. The predicted molar refractivity (Wildman–Crippen MR) is 177 cm³/mol. The molecule has 0 spiro atoms. The molecule has 9 atom stereocenters. The van der Waals surface area contributed by atoms with Gasteiger partial charge in [0.2, 0.25) is 17.3 Å². The Hall–Kier alpha value is -4.70. The van der Waals surface area contributed by atoms with Gasteiger partial charge in [0.1, 0.15) is 37.1 Å². The van der Waals surface area contributed by atoms with Crippen LogP contribution in [0.3, 0.4) is 0 Å². The predicted octanol–water partition coefficient (Wildman–Crippen LogP) is -1.42. The molecule has 0 aliphatic carbocycles. The number of ether oxygens (including phenoxy) is 9. The van der Waals surface area contributed by atoms with Gasteiger partial charge in [0, 0.05) is 12.2 Å². The van der Waals surface area contributed by atoms with E-state index in [1.54, 1.807) is 0 Å². The average Bonchev–Trinajstić information content (AvgIpc) is 3.42. The molecule has 0 amide bonds. The van der Waals surface area contributed by atoms with E-state index >= 15 is 0 Å². The van der Waals surface area contributed by atoms with E-state index in [0.717, 1.165) is 12.2 Å². The lowest BCUT2D eigenvalue weighted by Gasteiger charge is -2.44. The number of benzene rings is 2. The summed E-state index contributed by atoms with van der Waals surface area (Å²) in [7, 11) is 5.24. The molecule has 0 saturated carbocycles. The van der Waals surface area contributed by atoms with Crippen LogP contribution in [0.2, 0.25) is 0 Å². The highest BCUT2D eigenvalue weighted by Crippen LogP contribution is 2.40. The van der Waals surface area contributed by atoms with Crippen LogP contribution in [0.15, 0.2) is 36.4 Å². The largest absolute Gasteiger partial charge is 0.502 e. The zero-order chi connectivity index (χ0) is 39.0. The van der Waals surface area contributed by atoms with E-state index in [9.17, 15) is 50.4 Å². The van der Waals surface area contributed by atoms with Gasteiger partial charge >= 0.3 is 11.9 Å². The first kappa shape index (κ1) is 41.1. The molecule has 2 saturated heterocycles. The fourth-order valence-corrected chi connectivity index (χ4v) is 5.59. The van der Waals surface area contributed by atoms with Crippen LogP contribution in [0.1, 0.15) is 11.1 Å². The molecule has 0 radical (unpaired) electrons. The van der Waals surface area contributed by atoms with Gasteiger partial charge in [0.25, 0.3) is 0 Å². The van der Waals surface area contributed by atoms with Crippen molar-refractivity contribution in [1.29, 1.82) is 0 Å². The molecule has 0 bridgehead atoms. The van der Waals surface area contributed by atoms with Crippen molar-refractivity contribution in [2.24, 2.45) is 0 Å². The molecule has 0 aromatic heterocycles. The second kappa shape index (κ2) is 17.9. The number of phenols is 2. The highest BCUT2D eigenvalue weighted by atomic mass is 16.8. The van der Waals surface area contributed by atoms with Gasteiger partial charge in [-0.3, -0.25) is 0 Å². The number of esters is 2. The first-order chi connectivity index (χ1) is 25.3. The SMILES string of the molecule is COc1cc(C=CC(=O)OC2C(CO)OC(OC3(CO)OC(CO)C(O)C3OC(=O)C=Cc3cc(OC)c(O)c(OC)c3)C(O)C2O)cc(OC)c1O. The molecule has 8 N–H and O–H groups in total. The number of carbonyl (C=O) groups excluding carboxylic acids is 2. The number of hydrogen-bond acceptors (Lipinski definition) is 19. The molecule has 19 heteroatoms. The Balaban J connectivity index is 1.50. The first-order valence-electron chi connectivity index (χ1n) is 15.8. The third-order valence-corrected chi connectivity index (χ3v) is 8.34. The molecule has 292 valence electrons. The lowest BCUT2D eigenvalue weighted by atomic mass is 9.98. The summed E-state index contributed by atoms with van der Waals surface area (Å²) in [4.78, 5) is 25.7. The summed E-state index contributed by atoms with van der Waals surface area (Å²) in [5, 5.41) is 83.4. The summed E-state index contributed by atoms with van der Waals surface area (Å²) < 4.78 is 47.9. The fraction of sp³-hybridized carbons (Fsp3) is 0.471. The number of methoxy groups -OCH3 is 4. The van der Waals surface area contributed by atoms with Crippen LogP contribution in [0.25, 0.3) is 12.2 Å². The quantitative estimate of drug-likeness (QED) is 0.0765. The lowest BCUT2D eigenvalue weighted by Crippen LogP contribution is -2.63. The van der Waals surface area contributed by atoms with E-state index in [1.165, 1.54) is 64.9 Å². The van der Waals surface area contributed by atoms with E-state index in [0.29, 0.717) is 11.1 Å². The van der Waals surface area contributed by atoms with Crippen molar-refractivity contribution in [1.82, 2.24) is 0 Å². The van der Waals surface area contributed by atoms with E-state index in [-0.39, 0.29) is 34.5 Å². The van der Waals surface area contributed by atoms with Crippen LogP contribution in [-0.4, -0.2) is 156 Å². The Labute approximate surface area is 302 Å². The van der Waals surface area contributed by atoms with Gasteiger partial charge < -0.3 is 83.5 Å². The summed E-state index contributed by atoms with van der Waals surface area (Å²) in [5.74, 6) is -5.03. The first-order valence-corrected chi connectivity index (χ1v) is 15.8. The van der Waals surface area contributed by atoms with Crippen molar-refractivity contribution in [3.63, 3.8) is 0 Å². The zero-order valence-electron chi connectivity index (χ0n) is 28.9. The number of aliphatic hydroxyl groups is 6. The van der Waals surface area contributed by atoms with E-state index in [4.69, 9.17) is 42.6 Å². The maximum Gasteiger partial charge on any atom is 0.331 e. The Bertz CT molecular complexity index is 1590. The maximum atomic E-state index is 12.9. The molecular formula is C34H42O19. The van der Waals surface area contributed by atoms with E-state index < -0.39 is 86.6 Å². The smallest absolute Gasteiger partial charge is 0.331 e. The summed E-state index contributed by atoms with van der Waals surface area (Å²) in [6.07, 6.45) is -9.95. The standard InChI is InChI=1S/C34H42O19/c1-45-18-9-16(10-19(46-2)26(18)40)5-7-24(38)50-31-23(14-36)49-33(30(44)29(31)43)53-34(15-37)32(28(42)22(13-35)52-34)51-25(39)8-6-17-11-20(47-3)27(41)21(12-17)48-4/h5-12,22-23,28-33,35-37,40-44H,13-15H2,1-4H3. The second-order valence-corrected chi connectivity index (χ2v) is 11.6. The molecule has 2 fully saturated rings. The Morgan fingerprint density at radius 3 is 1.57 bits per heavy atom. The van der Waals surface area contributed by atoms with Gasteiger partial charge in [0.15, 0.2) is 41.5 Å². The van der Waals surface area contributed by atoms with Gasteiger partial charge in [-0.05, 0) is 47.5 Å². The van der Waals surface area contributed by atoms with Crippen LogP contribution >= 0.6 is 0 Å². The third kappa shape index (κ3) is 8.92. The monoisotopic (exact) mass is 754 g/mol. The normalized spacial score (nSPS) is 28.6. The van der Waals surface area contributed by atoms with E-state index in [1.807, 2.05) is 0 Å². The molecule has 2 aliphatic heterocycles. The van der Waals surface area contributed by atoms with Crippen molar-refractivity contribution in [2.75, 3.05) is 48.3 Å². The third-order valence-electron chi connectivity index (χ3n) is 8.34. The van der Waals surface area contributed by atoms with Gasteiger partial charge in [0.05, 0.1) is 41.7 Å². The van der Waals surface area contributed by atoms with Crippen LogP contribution in [0.4, 0.5) is 0 Å². The molecule has 2 aromatic rings. The molecule has 2 aromatic carbocycles. The van der Waals surface area contributed by atoms with Crippen LogP contribution in [0, 0.1) is 0 Å². The highest BCUT2D eigenvalue weighted by molar-refractivity contribution is 5.88. The van der Waals surface area contributed by atoms with Crippen LogP contribution < -0.4 is 18.9 Å². The minimum atomic E-state index is -2.51. The van der Waals surface area contributed by atoms with Crippen LogP contribution in [0.5, 0.6) is 34.5 Å². The number of rotatable bonds is 15. The molecule has 2 aliphatic rings. The van der Waals surface area contributed by atoms with Crippen LogP contribution in [-0.2, 0) is 33.3 Å². The minimum Gasteiger partial charge on any atom is -0.502 e. The Morgan fingerprint density at radius 2 is 1.15 bits per heavy atom. The van der Waals surface area contributed by atoms with Gasteiger partial charge in [-0.2, -0.15) is 0 Å². The van der Waals surface area contributed by atoms with Crippen molar-refractivity contribution < 1.29 is 93.1 Å². The average molecular weight is 755 g/mol. The van der Waals surface area contributed by atoms with Gasteiger partial charge in [-0.25, -0.2) is 9.59 Å². The van der Waals surface area contributed by atoms with Crippen molar-refractivity contribution >= 4 is 24.1 Å². The van der Waals surface area contributed by atoms with Gasteiger partial charge in [-0.15, -0.1) is 0 Å². The van der Waals surface area contributed by atoms with Crippen molar-refractivity contribution in [3.05, 3.63) is 47.5 Å². The number of aromatic hydroxyl groups is 2.